The summed E-state index contributed by atoms with van der Waals surface area (Å²) < 4.78 is 13.0. The molecule has 3 rings (SSSR count). The molecule has 4 nitrogen and oxygen atoms in total. The molecule has 0 spiro atoms. The van der Waals surface area contributed by atoms with E-state index in [4.69, 9.17) is 5.73 Å². The Kier molecular flexibility index (Phi) is 5.87. The van der Waals surface area contributed by atoms with Crippen molar-refractivity contribution in [3.8, 4) is 0 Å². The first-order valence-electron chi connectivity index (χ1n) is 9.01. The van der Waals surface area contributed by atoms with Crippen molar-refractivity contribution in [3.63, 3.8) is 0 Å². The molecule has 0 amide bonds. The van der Waals surface area contributed by atoms with E-state index in [1.165, 1.54) is 12.1 Å². The maximum Gasteiger partial charge on any atom is 0.166 e. The number of nitrogens with zero attached hydrogens (tertiary/aromatic N) is 2. The second-order valence-corrected chi connectivity index (χ2v) is 6.89. The lowest BCUT2D eigenvalue weighted by molar-refractivity contribution is 0.0838. The van der Waals surface area contributed by atoms with E-state index in [9.17, 15) is 9.18 Å². The Morgan fingerprint density at radius 3 is 2.56 bits per heavy atom. The van der Waals surface area contributed by atoms with Gasteiger partial charge < -0.3 is 15.5 Å². The van der Waals surface area contributed by atoms with Gasteiger partial charge in [0, 0.05) is 23.7 Å². The standard InChI is InChI=1S/C20H26FN3O/c21-18-6-4-16(5-7-18)20(25)17-8-13-23(14-9-17)11-2-12-24-10-1-3-19(22)15-24/h1,3-7,10,17H,2,8-9,11-15,22H2. The fourth-order valence-corrected chi connectivity index (χ4v) is 3.55. The fourth-order valence-electron chi connectivity index (χ4n) is 3.55. The number of allylic oxidation sites excluding steroid dienone is 2. The van der Waals surface area contributed by atoms with Crippen molar-refractivity contribution < 1.29 is 9.18 Å². The minimum Gasteiger partial charge on any atom is -0.401 e. The minimum atomic E-state index is -0.299. The van der Waals surface area contributed by atoms with Gasteiger partial charge in [-0.25, -0.2) is 4.39 Å². The summed E-state index contributed by atoms with van der Waals surface area (Å²) in [7, 11) is 0. The van der Waals surface area contributed by atoms with Gasteiger partial charge in [-0.05, 0) is 81.5 Å². The molecule has 2 aliphatic heterocycles. The number of benzene rings is 1. The second kappa shape index (κ2) is 8.30. The normalized spacial score (nSPS) is 19.1. The van der Waals surface area contributed by atoms with Crippen molar-refractivity contribution in [2.45, 2.75) is 19.3 Å². The fraction of sp³-hybridized carbons (Fsp3) is 0.450. The summed E-state index contributed by atoms with van der Waals surface area (Å²) in [6.45, 7) is 4.76. The van der Waals surface area contributed by atoms with Crippen LogP contribution in [-0.4, -0.2) is 48.3 Å². The van der Waals surface area contributed by atoms with E-state index in [2.05, 4.69) is 16.0 Å². The number of carbonyl (C=O) groups excluding carboxylic acids is 1. The highest BCUT2D eigenvalue weighted by Gasteiger charge is 2.25. The highest BCUT2D eigenvalue weighted by Crippen LogP contribution is 2.22. The first-order valence-corrected chi connectivity index (χ1v) is 9.01. The molecule has 0 atom stereocenters. The summed E-state index contributed by atoms with van der Waals surface area (Å²) in [5.41, 5.74) is 7.38. The molecule has 0 radical (unpaired) electrons. The van der Waals surface area contributed by atoms with Crippen LogP contribution in [0.1, 0.15) is 29.6 Å². The van der Waals surface area contributed by atoms with E-state index in [-0.39, 0.29) is 17.5 Å². The van der Waals surface area contributed by atoms with Gasteiger partial charge in [-0.3, -0.25) is 4.79 Å². The van der Waals surface area contributed by atoms with Crippen molar-refractivity contribution in [1.29, 1.82) is 0 Å². The van der Waals surface area contributed by atoms with Crippen LogP contribution in [0.25, 0.3) is 0 Å². The lowest BCUT2D eigenvalue weighted by Gasteiger charge is -2.32. The molecule has 0 aliphatic carbocycles. The number of rotatable bonds is 6. The van der Waals surface area contributed by atoms with Gasteiger partial charge >= 0.3 is 0 Å². The average Bonchev–Trinajstić information content (AvgIpc) is 2.62. The Balaban J connectivity index is 1.38. The summed E-state index contributed by atoms with van der Waals surface area (Å²) in [4.78, 5) is 17.2. The van der Waals surface area contributed by atoms with Gasteiger partial charge in [0.05, 0.1) is 6.54 Å². The summed E-state index contributed by atoms with van der Waals surface area (Å²) in [6.07, 6.45) is 8.88. The van der Waals surface area contributed by atoms with Crippen molar-refractivity contribution >= 4 is 5.78 Å². The number of hydrogen-bond donors (Lipinski definition) is 1. The molecule has 2 aliphatic rings. The highest BCUT2D eigenvalue weighted by atomic mass is 19.1. The zero-order valence-electron chi connectivity index (χ0n) is 14.5. The van der Waals surface area contributed by atoms with Crippen molar-refractivity contribution in [2.75, 3.05) is 32.7 Å². The van der Waals surface area contributed by atoms with E-state index in [1.807, 2.05) is 12.2 Å². The summed E-state index contributed by atoms with van der Waals surface area (Å²) in [5.74, 6) is -0.0794. The van der Waals surface area contributed by atoms with E-state index in [0.29, 0.717) is 5.56 Å². The summed E-state index contributed by atoms with van der Waals surface area (Å²) in [5, 5.41) is 0. The Labute approximate surface area is 148 Å². The lowest BCUT2D eigenvalue weighted by Crippen LogP contribution is -2.38. The van der Waals surface area contributed by atoms with Gasteiger partial charge in [0.15, 0.2) is 5.78 Å². The van der Waals surface area contributed by atoms with Crippen molar-refractivity contribution in [3.05, 3.63) is 59.7 Å². The number of piperidine rings is 1. The Bertz CT molecular complexity index is 645. The molecule has 1 fully saturated rings. The van der Waals surface area contributed by atoms with Crippen LogP contribution in [0, 0.1) is 11.7 Å². The molecule has 2 heterocycles. The Morgan fingerprint density at radius 1 is 1.16 bits per heavy atom. The molecule has 2 N–H and O–H groups in total. The SMILES string of the molecule is NC1=CC=CN(CCCN2CCC(C(=O)c3ccc(F)cc3)CC2)C1. The predicted octanol–water partition coefficient (Wildman–Crippen LogP) is 2.78. The molecule has 25 heavy (non-hydrogen) atoms. The van der Waals surface area contributed by atoms with Gasteiger partial charge in [0.25, 0.3) is 0 Å². The van der Waals surface area contributed by atoms with E-state index >= 15 is 0 Å². The largest absolute Gasteiger partial charge is 0.401 e. The van der Waals surface area contributed by atoms with Crippen LogP contribution in [0.5, 0.6) is 0 Å². The third kappa shape index (κ3) is 4.92. The van der Waals surface area contributed by atoms with Crippen LogP contribution >= 0.6 is 0 Å². The molecule has 0 bridgehead atoms. The zero-order chi connectivity index (χ0) is 17.6. The first-order chi connectivity index (χ1) is 12.1. The van der Waals surface area contributed by atoms with Crippen LogP contribution in [0.3, 0.4) is 0 Å². The van der Waals surface area contributed by atoms with Crippen LogP contribution in [-0.2, 0) is 0 Å². The number of likely N-dealkylation sites (tertiary alicyclic amines) is 1. The monoisotopic (exact) mass is 343 g/mol. The smallest absolute Gasteiger partial charge is 0.166 e. The predicted molar refractivity (Wildman–Crippen MR) is 97.5 cm³/mol. The Hall–Kier alpha value is -2.14. The maximum atomic E-state index is 13.0. The number of hydrogen-bond acceptors (Lipinski definition) is 4. The molecule has 0 unspecified atom stereocenters. The molecular formula is C20H26FN3O. The summed E-state index contributed by atoms with van der Waals surface area (Å²) >= 11 is 0. The second-order valence-electron chi connectivity index (χ2n) is 6.89. The van der Waals surface area contributed by atoms with E-state index in [0.717, 1.165) is 57.7 Å². The molecular weight excluding hydrogens is 317 g/mol. The molecule has 0 saturated carbocycles. The Morgan fingerprint density at radius 2 is 1.88 bits per heavy atom. The number of halogens is 1. The number of Topliss-reactive ketones (excluding diaryl/α,β-unsaturated/α-hetero) is 1. The summed E-state index contributed by atoms with van der Waals surface area (Å²) in [6, 6.07) is 5.91. The van der Waals surface area contributed by atoms with E-state index in [1.54, 1.807) is 12.1 Å². The number of ketones is 1. The van der Waals surface area contributed by atoms with Gasteiger partial charge in [-0.1, -0.05) is 0 Å². The average molecular weight is 343 g/mol. The van der Waals surface area contributed by atoms with Crippen molar-refractivity contribution in [2.24, 2.45) is 11.7 Å². The van der Waals surface area contributed by atoms with Crippen molar-refractivity contribution in [1.82, 2.24) is 9.80 Å². The van der Waals surface area contributed by atoms with Gasteiger partial charge in [0.2, 0.25) is 0 Å². The zero-order valence-corrected chi connectivity index (χ0v) is 14.5. The van der Waals surface area contributed by atoms with Crippen LogP contribution in [0.2, 0.25) is 0 Å². The highest BCUT2D eigenvalue weighted by molar-refractivity contribution is 5.97. The van der Waals surface area contributed by atoms with Gasteiger partial charge in [-0.15, -0.1) is 0 Å². The molecule has 5 heteroatoms. The third-order valence-electron chi connectivity index (χ3n) is 5.00. The number of carbonyl (C=O) groups is 1. The number of nitrogens with two attached hydrogens (primary N) is 1. The van der Waals surface area contributed by atoms with Gasteiger partial charge in [0.1, 0.15) is 5.82 Å². The molecule has 1 aromatic carbocycles. The topological polar surface area (TPSA) is 49.6 Å². The van der Waals surface area contributed by atoms with Crippen LogP contribution in [0.4, 0.5) is 4.39 Å². The van der Waals surface area contributed by atoms with Crippen LogP contribution in [0.15, 0.2) is 48.3 Å². The molecule has 0 aromatic heterocycles. The van der Waals surface area contributed by atoms with Crippen LogP contribution < -0.4 is 5.73 Å². The van der Waals surface area contributed by atoms with E-state index < -0.39 is 0 Å². The maximum absolute atomic E-state index is 13.0. The first kappa shape index (κ1) is 17.7. The lowest BCUT2D eigenvalue weighted by atomic mass is 9.89. The molecule has 134 valence electrons. The minimum absolute atomic E-state index is 0.0664. The quantitative estimate of drug-likeness (QED) is 0.807. The third-order valence-corrected chi connectivity index (χ3v) is 5.00. The molecule has 1 saturated heterocycles. The van der Waals surface area contributed by atoms with Gasteiger partial charge in [-0.2, -0.15) is 0 Å². The molecule has 1 aromatic rings.